The summed E-state index contributed by atoms with van der Waals surface area (Å²) in [6, 6.07) is 15.8. The predicted octanol–water partition coefficient (Wildman–Crippen LogP) is 3.91. The third-order valence-corrected chi connectivity index (χ3v) is 6.02. The first-order valence-electron chi connectivity index (χ1n) is 11.7. The van der Waals surface area contributed by atoms with Gasteiger partial charge < -0.3 is 14.3 Å². The number of hydrogen-bond acceptors (Lipinski definition) is 10. The first-order chi connectivity index (χ1) is 18.8. The van der Waals surface area contributed by atoms with Crippen molar-refractivity contribution < 1.29 is 38.6 Å². The summed E-state index contributed by atoms with van der Waals surface area (Å²) in [5.74, 6) is -1.69. The van der Waals surface area contributed by atoms with Crippen molar-refractivity contribution in [1.82, 2.24) is 5.06 Å². The third kappa shape index (κ3) is 5.83. The van der Waals surface area contributed by atoms with Crippen molar-refractivity contribution in [3.05, 3.63) is 116 Å². The van der Waals surface area contributed by atoms with Crippen molar-refractivity contribution in [2.75, 3.05) is 6.54 Å². The van der Waals surface area contributed by atoms with E-state index in [4.69, 9.17) is 24.1 Å². The lowest BCUT2D eigenvalue weighted by Gasteiger charge is -2.11. The average Bonchev–Trinajstić information content (AvgIpc) is 3.37. The number of benzene rings is 3. The Kier molecular flexibility index (Phi) is 7.14. The zero-order valence-electron chi connectivity index (χ0n) is 20.1. The normalized spacial score (nSPS) is 15.3. The van der Waals surface area contributed by atoms with Crippen LogP contribution in [0.4, 0.5) is 5.69 Å². The molecule has 4 aromatic rings. The average molecular weight is 532 g/mol. The topological polar surface area (TPSA) is 159 Å². The molecule has 1 fully saturated rings. The lowest BCUT2D eigenvalue weighted by atomic mass is 10.1. The number of aromatic carboxylic acids is 1. The fourth-order valence-electron chi connectivity index (χ4n) is 4.07. The second-order valence-electron chi connectivity index (χ2n) is 8.77. The molecule has 0 bridgehead atoms. The molecule has 1 aliphatic rings. The zero-order valence-corrected chi connectivity index (χ0v) is 20.1. The molecule has 198 valence electrons. The van der Waals surface area contributed by atoms with E-state index in [2.05, 4.69) is 0 Å². The van der Waals surface area contributed by atoms with Gasteiger partial charge in [0.15, 0.2) is 5.43 Å². The molecule has 1 saturated heterocycles. The molecule has 0 aliphatic carbocycles. The van der Waals surface area contributed by atoms with Crippen molar-refractivity contribution >= 4 is 28.6 Å². The highest BCUT2D eigenvalue weighted by Crippen LogP contribution is 2.23. The quantitative estimate of drug-likeness (QED) is 0.115. The van der Waals surface area contributed by atoms with E-state index >= 15 is 0 Å². The van der Waals surface area contributed by atoms with Crippen molar-refractivity contribution in [3.63, 3.8) is 0 Å². The summed E-state index contributed by atoms with van der Waals surface area (Å²) >= 11 is 0. The summed E-state index contributed by atoms with van der Waals surface area (Å²) in [5, 5.41) is 21.8. The van der Waals surface area contributed by atoms with Gasteiger partial charge in [-0.1, -0.05) is 18.2 Å². The molecule has 0 spiro atoms. The van der Waals surface area contributed by atoms with Crippen LogP contribution >= 0.6 is 0 Å². The van der Waals surface area contributed by atoms with E-state index in [-0.39, 0.29) is 45.4 Å². The highest BCUT2D eigenvalue weighted by molar-refractivity contribution is 5.92. The number of hydroxylamine groups is 2. The maximum absolute atomic E-state index is 13.0. The van der Waals surface area contributed by atoms with Crippen LogP contribution in [0.1, 0.15) is 31.8 Å². The molecule has 1 unspecified atom stereocenters. The molecule has 2 heterocycles. The van der Waals surface area contributed by atoms with Crippen LogP contribution in [0.2, 0.25) is 0 Å². The maximum atomic E-state index is 13.0. The lowest BCUT2D eigenvalue weighted by molar-refractivity contribution is -0.385. The number of carbonyl (C=O) groups is 2. The van der Waals surface area contributed by atoms with Crippen LogP contribution in [-0.2, 0) is 22.8 Å². The summed E-state index contributed by atoms with van der Waals surface area (Å²) < 4.78 is 10.9. The van der Waals surface area contributed by atoms with Crippen molar-refractivity contribution in [2.24, 2.45) is 0 Å². The number of non-ortho nitro benzene ring substituents is 1. The van der Waals surface area contributed by atoms with Crippen LogP contribution in [0, 0.1) is 10.1 Å². The van der Waals surface area contributed by atoms with E-state index in [9.17, 15) is 24.5 Å². The Morgan fingerprint density at radius 3 is 2.62 bits per heavy atom. The van der Waals surface area contributed by atoms with Gasteiger partial charge in [-0.25, -0.2) is 14.5 Å². The van der Waals surface area contributed by atoms with E-state index in [0.717, 1.165) is 11.6 Å². The van der Waals surface area contributed by atoms with E-state index in [1.807, 2.05) is 0 Å². The Morgan fingerprint density at radius 1 is 1.08 bits per heavy atom. The molecule has 39 heavy (non-hydrogen) atoms. The minimum Gasteiger partial charge on any atom is -0.478 e. The molecular weight excluding hydrogens is 512 g/mol. The van der Waals surface area contributed by atoms with Crippen molar-refractivity contribution in [2.45, 2.75) is 19.1 Å². The number of nitro benzene ring substituents is 1. The van der Waals surface area contributed by atoms with Gasteiger partial charge in [0.1, 0.15) is 17.4 Å². The molecule has 1 N–H and O–H groups in total. The second-order valence-corrected chi connectivity index (χ2v) is 8.77. The molecule has 12 heteroatoms. The number of esters is 1. The number of fused-ring (bicyclic) bond motifs is 1. The van der Waals surface area contributed by atoms with Crippen LogP contribution < -0.4 is 10.2 Å². The van der Waals surface area contributed by atoms with E-state index in [0.29, 0.717) is 18.7 Å². The number of nitrogens with zero attached hydrogens (tertiary/aromatic N) is 2. The molecule has 1 aromatic heterocycles. The smallest absolute Gasteiger partial charge is 0.343 e. The molecule has 1 atom stereocenters. The van der Waals surface area contributed by atoms with E-state index in [1.165, 1.54) is 54.8 Å². The van der Waals surface area contributed by atoms with Crippen LogP contribution in [0.3, 0.4) is 0 Å². The van der Waals surface area contributed by atoms with Crippen molar-refractivity contribution in [1.29, 1.82) is 0 Å². The summed E-state index contributed by atoms with van der Waals surface area (Å²) in [6.45, 7) is 0.727. The SMILES string of the molecule is O=C(O)c1ccc(CN2CC(Cc3coc4cc(OC(=O)c5cccc([N+](=O)[O-])c5)ccc4c3=O)OO2)cc1. The van der Waals surface area contributed by atoms with Crippen LogP contribution in [-0.4, -0.2) is 39.7 Å². The van der Waals surface area contributed by atoms with Gasteiger partial charge in [0.05, 0.1) is 40.8 Å². The molecule has 0 amide bonds. The first-order valence-corrected chi connectivity index (χ1v) is 11.7. The lowest BCUT2D eigenvalue weighted by Crippen LogP contribution is -2.24. The van der Waals surface area contributed by atoms with E-state index < -0.39 is 23.0 Å². The standard InChI is InChI=1S/C27H20N2O10/c30-25-19(11-22-14-28(39-38-22)13-16-4-6-17(7-5-16)26(31)32)15-36-24-12-21(8-9-23(24)25)37-27(33)18-2-1-3-20(10-18)29(34)35/h1-10,12,15,22H,11,13-14H2,(H,31,32). The summed E-state index contributed by atoms with van der Waals surface area (Å²) in [7, 11) is 0. The number of carboxylic acid groups (broad SMARTS) is 1. The summed E-state index contributed by atoms with van der Waals surface area (Å²) in [6.07, 6.45) is 1.09. The largest absolute Gasteiger partial charge is 0.478 e. The number of rotatable bonds is 8. The van der Waals surface area contributed by atoms with Crippen molar-refractivity contribution in [3.8, 4) is 5.75 Å². The molecule has 12 nitrogen and oxygen atoms in total. The number of carboxylic acids is 1. The van der Waals surface area contributed by atoms with Gasteiger partial charge in [-0.3, -0.25) is 14.9 Å². The number of ether oxygens (including phenoxy) is 1. The van der Waals surface area contributed by atoms with E-state index in [1.54, 1.807) is 17.2 Å². The summed E-state index contributed by atoms with van der Waals surface area (Å²) in [5.41, 5.74) is 1.07. The Bertz CT molecular complexity index is 1630. The molecule has 1 aliphatic heterocycles. The van der Waals surface area contributed by atoms with Gasteiger partial charge in [-0.2, -0.15) is 0 Å². The second kappa shape index (κ2) is 10.8. The van der Waals surface area contributed by atoms with Crippen LogP contribution in [0.15, 0.2) is 82.2 Å². The van der Waals surface area contributed by atoms with Gasteiger partial charge in [0.2, 0.25) is 0 Å². The first kappa shape index (κ1) is 25.7. The van der Waals surface area contributed by atoms with Gasteiger partial charge in [-0.15, -0.1) is 10.1 Å². The molecule has 0 saturated carbocycles. The minimum absolute atomic E-state index is 0.00574. The number of hydrogen-bond donors (Lipinski definition) is 1. The Hall–Kier alpha value is -4.91. The Morgan fingerprint density at radius 2 is 1.87 bits per heavy atom. The van der Waals surface area contributed by atoms with Gasteiger partial charge in [-0.05, 0) is 35.9 Å². The minimum atomic E-state index is -1.01. The summed E-state index contributed by atoms with van der Waals surface area (Å²) in [4.78, 5) is 57.4. The third-order valence-electron chi connectivity index (χ3n) is 6.02. The molecule has 0 radical (unpaired) electrons. The van der Waals surface area contributed by atoms with Crippen LogP contribution in [0.5, 0.6) is 5.75 Å². The predicted molar refractivity (Wildman–Crippen MR) is 134 cm³/mol. The fourth-order valence-corrected chi connectivity index (χ4v) is 4.07. The highest BCUT2D eigenvalue weighted by atomic mass is 17.3. The van der Waals surface area contributed by atoms with Gasteiger partial charge in [0.25, 0.3) is 5.69 Å². The Balaban J connectivity index is 1.23. The number of carbonyl (C=O) groups excluding carboxylic acids is 1. The maximum Gasteiger partial charge on any atom is 0.343 e. The molecular formula is C27H20N2O10. The van der Waals surface area contributed by atoms with Crippen LogP contribution in [0.25, 0.3) is 11.0 Å². The monoisotopic (exact) mass is 532 g/mol. The molecule has 3 aromatic carbocycles. The number of nitro groups is 1. The fraction of sp³-hybridized carbons (Fsp3) is 0.148. The van der Waals surface area contributed by atoms with Gasteiger partial charge >= 0.3 is 11.9 Å². The zero-order chi connectivity index (χ0) is 27.5. The Labute approximate surface area is 219 Å². The van der Waals surface area contributed by atoms with Gasteiger partial charge in [0, 0.05) is 30.2 Å². The highest BCUT2D eigenvalue weighted by Gasteiger charge is 2.27. The molecule has 5 rings (SSSR count).